The lowest BCUT2D eigenvalue weighted by molar-refractivity contribution is 0.352. The molecule has 0 rings (SSSR count). The summed E-state index contributed by atoms with van der Waals surface area (Å²) in [6.07, 6.45) is 3.58. The van der Waals surface area contributed by atoms with E-state index in [0.717, 1.165) is 36.8 Å². The third kappa shape index (κ3) is 4.94. The van der Waals surface area contributed by atoms with Gasteiger partial charge in [-0.3, -0.25) is 0 Å². The van der Waals surface area contributed by atoms with Crippen molar-refractivity contribution >= 4 is 23.2 Å². The largest absolute Gasteiger partial charge is 0.433 e. The molecule has 0 N–H and O–H groups in total. The first kappa shape index (κ1) is 14.9. The van der Waals surface area contributed by atoms with Crippen molar-refractivity contribution in [3.05, 3.63) is 21.6 Å². The number of rotatable bonds is 6. The highest BCUT2D eigenvalue weighted by Gasteiger charge is 2.07. The summed E-state index contributed by atoms with van der Waals surface area (Å²) >= 11 is 12.1. The Balaban J connectivity index is 4.72. The maximum absolute atomic E-state index is 6.04. The van der Waals surface area contributed by atoms with Crippen LogP contribution in [0, 0.1) is 0 Å². The van der Waals surface area contributed by atoms with Crippen LogP contribution >= 0.6 is 23.2 Å². The Hall–Kier alpha value is -0.140. The van der Waals surface area contributed by atoms with Gasteiger partial charge in [0.05, 0.1) is 0 Å². The van der Waals surface area contributed by atoms with Gasteiger partial charge < -0.3 is 4.74 Å². The molecule has 0 unspecified atom stereocenters. The second-order valence-electron chi connectivity index (χ2n) is 3.27. The van der Waals surface area contributed by atoms with E-state index in [2.05, 4.69) is 27.7 Å². The molecule has 0 saturated carbocycles. The Labute approximate surface area is 103 Å². The van der Waals surface area contributed by atoms with Crippen molar-refractivity contribution in [3.8, 4) is 0 Å². The Morgan fingerprint density at radius 3 is 1.20 bits per heavy atom. The first-order chi connectivity index (χ1) is 7.10. The average Bonchev–Trinajstić information content (AvgIpc) is 2.21. The topological polar surface area (TPSA) is 9.23 Å². The van der Waals surface area contributed by atoms with Crippen LogP contribution in [0.2, 0.25) is 0 Å². The van der Waals surface area contributed by atoms with E-state index in [0.29, 0.717) is 10.4 Å². The predicted octanol–water partition coefficient (Wildman–Crippen LogP) is 5.54. The highest BCUT2D eigenvalue weighted by Crippen LogP contribution is 2.25. The van der Waals surface area contributed by atoms with Crippen molar-refractivity contribution in [3.63, 3.8) is 0 Å². The molecule has 0 spiro atoms. The fraction of sp³-hybridized carbons (Fsp3) is 0.667. The molecular weight excluding hydrogens is 231 g/mol. The second kappa shape index (κ2) is 8.06. The van der Waals surface area contributed by atoms with Gasteiger partial charge in [-0.15, -0.1) is 0 Å². The van der Waals surface area contributed by atoms with Crippen molar-refractivity contribution in [2.45, 2.75) is 53.4 Å². The summed E-state index contributed by atoms with van der Waals surface area (Å²) in [6.45, 7) is 8.23. The van der Waals surface area contributed by atoms with Gasteiger partial charge in [-0.1, -0.05) is 27.7 Å². The van der Waals surface area contributed by atoms with Crippen molar-refractivity contribution in [2.75, 3.05) is 0 Å². The lowest BCUT2D eigenvalue weighted by Crippen LogP contribution is -1.92. The van der Waals surface area contributed by atoms with Crippen molar-refractivity contribution in [1.29, 1.82) is 0 Å². The zero-order valence-electron chi connectivity index (χ0n) is 9.99. The molecule has 0 radical (unpaired) electrons. The Kier molecular flexibility index (Phi) is 7.99. The summed E-state index contributed by atoms with van der Waals surface area (Å²) in [5, 5.41) is 0.869. The van der Waals surface area contributed by atoms with Gasteiger partial charge in [0.25, 0.3) is 0 Å². The lowest BCUT2D eigenvalue weighted by atomic mass is 10.2. The zero-order chi connectivity index (χ0) is 11.8. The maximum Gasteiger partial charge on any atom is 0.194 e. The summed E-state index contributed by atoms with van der Waals surface area (Å²) in [5.41, 5.74) is 2.20. The molecule has 0 heterocycles. The van der Waals surface area contributed by atoms with Gasteiger partial charge >= 0.3 is 0 Å². The standard InChI is InChI=1S/C12H20Cl2O/c1-5-9(6-2)11(13)15-12(14)10(7-3)8-4/h5-8H2,1-4H3. The predicted molar refractivity (Wildman–Crippen MR) is 68.0 cm³/mol. The van der Waals surface area contributed by atoms with Crippen LogP contribution in [-0.4, -0.2) is 0 Å². The quantitative estimate of drug-likeness (QED) is 0.563. The number of hydrogen-bond acceptors (Lipinski definition) is 1. The Morgan fingerprint density at radius 1 is 0.733 bits per heavy atom. The number of ether oxygens (including phenoxy) is 1. The zero-order valence-corrected chi connectivity index (χ0v) is 11.5. The van der Waals surface area contributed by atoms with Crippen LogP contribution in [0.4, 0.5) is 0 Å². The molecule has 0 aliphatic rings. The van der Waals surface area contributed by atoms with Gasteiger partial charge in [-0.05, 0) is 60.0 Å². The van der Waals surface area contributed by atoms with Crippen LogP contribution in [0.3, 0.4) is 0 Å². The SMILES string of the molecule is CCC(CC)=C(Cl)OC(Cl)=C(CC)CC. The molecule has 0 amide bonds. The second-order valence-corrected chi connectivity index (χ2v) is 3.96. The lowest BCUT2D eigenvalue weighted by Gasteiger charge is -2.10. The fourth-order valence-corrected chi connectivity index (χ4v) is 2.01. The number of allylic oxidation sites excluding steroid dienone is 2. The van der Waals surface area contributed by atoms with Crippen molar-refractivity contribution in [2.24, 2.45) is 0 Å². The van der Waals surface area contributed by atoms with E-state index in [-0.39, 0.29) is 0 Å². The minimum atomic E-state index is 0.435. The van der Waals surface area contributed by atoms with Gasteiger partial charge in [0.1, 0.15) is 0 Å². The summed E-state index contributed by atoms with van der Waals surface area (Å²) in [4.78, 5) is 0. The molecule has 0 aromatic heterocycles. The van der Waals surface area contributed by atoms with E-state index in [1.807, 2.05) is 0 Å². The van der Waals surface area contributed by atoms with Gasteiger partial charge in [0, 0.05) is 0 Å². The van der Waals surface area contributed by atoms with Gasteiger partial charge in [0.15, 0.2) is 10.4 Å². The molecule has 0 aromatic carbocycles. The van der Waals surface area contributed by atoms with Crippen LogP contribution in [0.15, 0.2) is 21.6 Å². The molecule has 88 valence electrons. The minimum absolute atomic E-state index is 0.435. The summed E-state index contributed by atoms with van der Waals surface area (Å²) in [6, 6.07) is 0. The number of hydrogen-bond donors (Lipinski definition) is 0. The summed E-state index contributed by atoms with van der Waals surface area (Å²) in [5.74, 6) is 0. The van der Waals surface area contributed by atoms with E-state index in [4.69, 9.17) is 27.9 Å². The van der Waals surface area contributed by atoms with Crippen molar-refractivity contribution < 1.29 is 4.74 Å². The molecule has 1 nitrogen and oxygen atoms in total. The van der Waals surface area contributed by atoms with Crippen LogP contribution < -0.4 is 0 Å². The summed E-state index contributed by atoms with van der Waals surface area (Å²) < 4.78 is 5.43. The van der Waals surface area contributed by atoms with E-state index < -0.39 is 0 Å². The molecule has 0 saturated heterocycles. The molecule has 0 bridgehead atoms. The van der Waals surface area contributed by atoms with Gasteiger partial charge in [-0.25, -0.2) is 0 Å². The van der Waals surface area contributed by atoms with Crippen LogP contribution in [-0.2, 0) is 4.74 Å². The average molecular weight is 251 g/mol. The highest BCUT2D eigenvalue weighted by molar-refractivity contribution is 6.31. The van der Waals surface area contributed by atoms with Crippen molar-refractivity contribution in [1.82, 2.24) is 0 Å². The minimum Gasteiger partial charge on any atom is -0.433 e. The first-order valence-corrected chi connectivity index (χ1v) is 6.28. The normalized spacial score (nSPS) is 9.73. The van der Waals surface area contributed by atoms with Gasteiger partial charge in [0.2, 0.25) is 0 Å². The highest BCUT2D eigenvalue weighted by atomic mass is 35.5. The Bertz CT molecular complexity index is 216. The maximum atomic E-state index is 6.04. The third-order valence-electron chi connectivity index (χ3n) is 2.44. The molecule has 0 aliphatic carbocycles. The van der Waals surface area contributed by atoms with E-state index in [1.54, 1.807) is 0 Å². The molecule has 0 aliphatic heterocycles. The molecule has 0 aromatic rings. The monoisotopic (exact) mass is 250 g/mol. The van der Waals surface area contributed by atoms with Gasteiger partial charge in [-0.2, -0.15) is 0 Å². The van der Waals surface area contributed by atoms with E-state index >= 15 is 0 Å². The first-order valence-electron chi connectivity index (χ1n) is 5.53. The fourth-order valence-electron chi connectivity index (χ4n) is 1.28. The van der Waals surface area contributed by atoms with Crippen LogP contribution in [0.5, 0.6) is 0 Å². The Morgan fingerprint density at radius 2 is 1.00 bits per heavy atom. The molecule has 3 heteroatoms. The molecule has 0 atom stereocenters. The van der Waals surface area contributed by atoms with E-state index in [9.17, 15) is 0 Å². The number of halogens is 2. The van der Waals surface area contributed by atoms with Crippen LogP contribution in [0.1, 0.15) is 53.4 Å². The smallest absolute Gasteiger partial charge is 0.194 e. The molecular formula is C12H20Cl2O. The summed E-state index contributed by atoms with van der Waals surface area (Å²) in [7, 11) is 0. The molecule has 15 heavy (non-hydrogen) atoms. The van der Waals surface area contributed by atoms with E-state index in [1.165, 1.54) is 0 Å². The third-order valence-corrected chi connectivity index (χ3v) is 3.13. The van der Waals surface area contributed by atoms with Crippen LogP contribution in [0.25, 0.3) is 0 Å². The molecule has 0 fully saturated rings.